The molecule has 0 aromatic carbocycles. The summed E-state index contributed by atoms with van der Waals surface area (Å²) in [6, 6.07) is 0. The van der Waals surface area contributed by atoms with E-state index in [9.17, 15) is 0 Å². The Morgan fingerprint density at radius 3 is 0.944 bits per heavy atom. The lowest BCUT2D eigenvalue weighted by Gasteiger charge is -1.79. The highest BCUT2D eigenvalue weighted by Crippen LogP contribution is 1.81. The summed E-state index contributed by atoms with van der Waals surface area (Å²) in [5.41, 5.74) is 0. The van der Waals surface area contributed by atoms with E-state index in [1.54, 1.807) is 26.4 Å². The second-order valence-electron chi connectivity index (χ2n) is 3.22. The van der Waals surface area contributed by atoms with Crippen LogP contribution in [0.3, 0.4) is 0 Å². The zero-order valence-electron chi connectivity index (χ0n) is 14.4. The Bertz CT molecular complexity index is 86.5. The Morgan fingerprint density at radius 1 is 0.778 bits per heavy atom. The summed E-state index contributed by atoms with van der Waals surface area (Å²) in [6.07, 6.45) is 3.42. The Hall–Kier alpha value is -0.600. The summed E-state index contributed by atoms with van der Waals surface area (Å²) in [4.78, 5) is 0. The zero-order chi connectivity index (χ0) is 15.8. The molecule has 0 aliphatic heterocycles. The Kier molecular flexibility index (Phi) is 93.2. The fraction of sp³-hybridized carbons (Fsp3) is 0.750. The SMILES string of the molecule is C=CCOC.C=CCOC.CC.CC.CC(C)C. The summed E-state index contributed by atoms with van der Waals surface area (Å²) in [5.74, 6) is 0.833. The van der Waals surface area contributed by atoms with Gasteiger partial charge in [-0.05, 0) is 5.92 Å². The monoisotopic (exact) mass is 262 g/mol. The van der Waals surface area contributed by atoms with Crippen LogP contribution in [-0.2, 0) is 9.47 Å². The van der Waals surface area contributed by atoms with Crippen LogP contribution >= 0.6 is 0 Å². The summed E-state index contributed by atoms with van der Waals surface area (Å²) in [6.45, 7) is 22.7. The lowest BCUT2D eigenvalue weighted by Crippen LogP contribution is -1.76. The molecule has 0 aliphatic rings. The molecular weight excluding hydrogens is 224 g/mol. The van der Waals surface area contributed by atoms with Gasteiger partial charge in [-0.2, -0.15) is 0 Å². The number of hydrogen-bond donors (Lipinski definition) is 0. The minimum Gasteiger partial charge on any atom is -0.381 e. The van der Waals surface area contributed by atoms with Gasteiger partial charge in [-0.15, -0.1) is 13.2 Å². The lowest BCUT2D eigenvalue weighted by molar-refractivity contribution is 0.234. The van der Waals surface area contributed by atoms with Crippen molar-refractivity contribution in [2.45, 2.75) is 48.5 Å². The summed E-state index contributed by atoms with van der Waals surface area (Å²) >= 11 is 0. The fourth-order valence-electron chi connectivity index (χ4n) is 0.236. The van der Waals surface area contributed by atoms with E-state index in [2.05, 4.69) is 43.4 Å². The van der Waals surface area contributed by atoms with Gasteiger partial charge in [0.1, 0.15) is 0 Å². The minimum atomic E-state index is 0.653. The highest BCUT2D eigenvalue weighted by molar-refractivity contribution is 4.62. The van der Waals surface area contributed by atoms with Crippen molar-refractivity contribution in [3.63, 3.8) is 0 Å². The molecule has 114 valence electrons. The third-order valence-electron chi connectivity index (χ3n) is 0.569. The van der Waals surface area contributed by atoms with Crippen LogP contribution in [0.4, 0.5) is 0 Å². The van der Waals surface area contributed by atoms with Gasteiger partial charge in [0.15, 0.2) is 0 Å². The molecule has 0 bridgehead atoms. The second-order valence-corrected chi connectivity index (χ2v) is 3.22. The Labute approximate surface area is 117 Å². The lowest BCUT2D eigenvalue weighted by atomic mass is 10.3. The van der Waals surface area contributed by atoms with Crippen LogP contribution in [0.15, 0.2) is 25.3 Å². The number of rotatable bonds is 4. The van der Waals surface area contributed by atoms with Crippen LogP contribution in [0.2, 0.25) is 0 Å². The van der Waals surface area contributed by atoms with Crippen LogP contribution in [0.1, 0.15) is 48.5 Å². The van der Waals surface area contributed by atoms with E-state index in [4.69, 9.17) is 0 Å². The van der Waals surface area contributed by atoms with Crippen molar-refractivity contribution in [3.05, 3.63) is 25.3 Å². The van der Waals surface area contributed by atoms with Gasteiger partial charge in [-0.25, -0.2) is 0 Å². The van der Waals surface area contributed by atoms with Crippen molar-refractivity contribution in [1.82, 2.24) is 0 Å². The molecular formula is C16H38O2. The molecule has 2 heteroatoms. The molecule has 0 saturated carbocycles. The molecule has 0 atom stereocenters. The van der Waals surface area contributed by atoms with E-state index in [1.165, 1.54) is 0 Å². The molecule has 0 rings (SSSR count). The van der Waals surface area contributed by atoms with Crippen LogP contribution in [-0.4, -0.2) is 27.4 Å². The topological polar surface area (TPSA) is 18.5 Å². The normalized spacial score (nSPS) is 6.78. The molecule has 0 fully saturated rings. The molecule has 18 heavy (non-hydrogen) atoms. The van der Waals surface area contributed by atoms with Crippen LogP contribution in [0, 0.1) is 5.92 Å². The van der Waals surface area contributed by atoms with E-state index in [1.807, 2.05) is 27.7 Å². The van der Waals surface area contributed by atoms with Gasteiger partial charge in [0.25, 0.3) is 0 Å². The Balaban J connectivity index is -0.0000000414. The number of hydrogen-bond acceptors (Lipinski definition) is 2. The summed E-state index contributed by atoms with van der Waals surface area (Å²) < 4.78 is 9.15. The van der Waals surface area contributed by atoms with Gasteiger partial charge in [0, 0.05) is 14.2 Å². The largest absolute Gasteiger partial charge is 0.381 e. The third-order valence-corrected chi connectivity index (χ3v) is 0.569. The minimum absolute atomic E-state index is 0.653. The first-order chi connectivity index (χ1) is 8.56. The quantitative estimate of drug-likeness (QED) is 0.636. The molecule has 0 amide bonds. The average Bonchev–Trinajstić information content (AvgIpc) is 2.36. The third kappa shape index (κ3) is 276. The predicted molar refractivity (Wildman–Crippen MR) is 87.4 cm³/mol. The molecule has 0 radical (unpaired) electrons. The maximum absolute atomic E-state index is 4.57. The van der Waals surface area contributed by atoms with Gasteiger partial charge in [0.2, 0.25) is 0 Å². The van der Waals surface area contributed by atoms with Gasteiger partial charge >= 0.3 is 0 Å². The fourth-order valence-corrected chi connectivity index (χ4v) is 0.236. The van der Waals surface area contributed by atoms with Crippen molar-refractivity contribution in [2.24, 2.45) is 5.92 Å². The first-order valence-electron chi connectivity index (χ1n) is 6.76. The summed E-state index contributed by atoms with van der Waals surface area (Å²) in [7, 11) is 3.28. The van der Waals surface area contributed by atoms with E-state index in [-0.39, 0.29) is 0 Å². The van der Waals surface area contributed by atoms with E-state index < -0.39 is 0 Å². The van der Waals surface area contributed by atoms with Gasteiger partial charge in [-0.3, -0.25) is 0 Å². The van der Waals surface area contributed by atoms with Crippen molar-refractivity contribution in [3.8, 4) is 0 Å². The van der Waals surface area contributed by atoms with Crippen molar-refractivity contribution in [2.75, 3.05) is 27.4 Å². The highest BCUT2D eigenvalue weighted by Gasteiger charge is 1.68. The maximum Gasteiger partial charge on any atom is 0.0641 e. The van der Waals surface area contributed by atoms with Crippen LogP contribution in [0.25, 0.3) is 0 Å². The molecule has 0 aromatic rings. The zero-order valence-corrected chi connectivity index (χ0v) is 14.4. The van der Waals surface area contributed by atoms with Crippen LogP contribution < -0.4 is 0 Å². The van der Waals surface area contributed by atoms with Gasteiger partial charge in [0.05, 0.1) is 13.2 Å². The number of ether oxygens (including phenoxy) is 2. The number of methoxy groups -OCH3 is 2. The molecule has 0 heterocycles. The molecule has 0 saturated heterocycles. The standard InChI is InChI=1S/2C4H8O.C4H10.2C2H6/c2*1-3-4-5-2;1-4(2)3;2*1-2/h2*3H,1,4H2,2H3;4H,1-3H3;2*1-2H3. The summed E-state index contributed by atoms with van der Waals surface area (Å²) in [5, 5.41) is 0. The molecule has 0 N–H and O–H groups in total. The Morgan fingerprint density at radius 2 is 0.944 bits per heavy atom. The smallest absolute Gasteiger partial charge is 0.0641 e. The van der Waals surface area contributed by atoms with Crippen molar-refractivity contribution in [1.29, 1.82) is 0 Å². The molecule has 0 unspecified atom stereocenters. The second kappa shape index (κ2) is 55.1. The van der Waals surface area contributed by atoms with Crippen molar-refractivity contribution < 1.29 is 9.47 Å². The molecule has 0 aromatic heterocycles. The van der Waals surface area contributed by atoms with E-state index >= 15 is 0 Å². The molecule has 0 aliphatic carbocycles. The maximum atomic E-state index is 4.57. The van der Waals surface area contributed by atoms with Crippen molar-refractivity contribution >= 4 is 0 Å². The van der Waals surface area contributed by atoms with Gasteiger partial charge < -0.3 is 9.47 Å². The van der Waals surface area contributed by atoms with E-state index in [0.717, 1.165) is 5.92 Å². The first kappa shape index (κ1) is 30.4. The predicted octanol–water partition coefficient (Wildman–Crippen LogP) is 5.35. The first-order valence-corrected chi connectivity index (χ1v) is 6.76. The molecule has 2 nitrogen and oxygen atoms in total. The average molecular weight is 262 g/mol. The van der Waals surface area contributed by atoms with E-state index in [0.29, 0.717) is 13.2 Å². The highest BCUT2D eigenvalue weighted by atomic mass is 16.5. The molecule has 0 spiro atoms. The van der Waals surface area contributed by atoms with Gasteiger partial charge in [-0.1, -0.05) is 60.6 Å². The van der Waals surface area contributed by atoms with Crippen LogP contribution in [0.5, 0.6) is 0 Å².